The number of H-pyrrole nitrogens is 1. The Morgan fingerprint density at radius 3 is 2.52 bits per heavy atom. The number of rotatable bonds is 6. The molecule has 1 aromatic heterocycles. The highest BCUT2D eigenvalue weighted by Gasteiger charge is 2.15. The zero-order valence-corrected chi connectivity index (χ0v) is 13.5. The van der Waals surface area contributed by atoms with Crippen LogP contribution in [-0.4, -0.2) is 28.9 Å². The van der Waals surface area contributed by atoms with E-state index in [9.17, 15) is 9.59 Å². The lowest BCUT2D eigenvalue weighted by Gasteiger charge is -2.23. The fourth-order valence-corrected chi connectivity index (χ4v) is 2.29. The van der Waals surface area contributed by atoms with Gasteiger partial charge in [-0.25, -0.2) is 0 Å². The van der Waals surface area contributed by atoms with Gasteiger partial charge in [0, 0.05) is 25.4 Å². The van der Waals surface area contributed by atoms with Gasteiger partial charge in [0.25, 0.3) is 5.91 Å². The summed E-state index contributed by atoms with van der Waals surface area (Å²) in [5, 5.41) is 0. The van der Waals surface area contributed by atoms with Crippen molar-refractivity contribution >= 4 is 12.0 Å². The molecule has 0 aliphatic heterocycles. The molecule has 0 saturated heterocycles. The van der Waals surface area contributed by atoms with Crippen LogP contribution in [0.4, 0.5) is 0 Å². The predicted molar refractivity (Wildman–Crippen MR) is 93.3 cm³/mol. The minimum Gasteiger partial charge on any atom is -0.335 e. The third-order valence-electron chi connectivity index (χ3n) is 3.34. The van der Waals surface area contributed by atoms with E-state index in [1.165, 1.54) is 12.3 Å². The number of nitrogens with one attached hydrogen (secondary N) is 1. The first kappa shape index (κ1) is 16.7. The highest BCUT2D eigenvalue weighted by Crippen LogP contribution is 2.07. The monoisotopic (exact) mass is 310 g/mol. The molecule has 2 rings (SSSR count). The van der Waals surface area contributed by atoms with Crippen molar-refractivity contribution in [2.24, 2.45) is 5.92 Å². The van der Waals surface area contributed by atoms with Gasteiger partial charge in [-0.15, -0.1) is 0 Å². The van der Waals surface area contributed by atoms with Crippen LogP contribution in [-0.2, 0) is 0 Å². The quantitative estimate of drug-likeness (QED) is 0.891. The molecule has 0 spiro atoms. The summed E-state index contributed by atoms with van der Waals surface area (Å²) in [4.78, 5) is 28.1. The van der Waals surface area contributed by atoms with Crippen LogP contribution < -0.4 is 5.56 Å². The maximum Gasteiger partial charge on any atom is 0.255 e. The second-order valence-electron chi connectivity index (χ2n) is 5.86. The van der Waals surface area contributed by atoms with Crippen LogP contribution in [0.5, 0.6) is 0 Å². The molecule has 120 valence electrons. The van der Waals surface area contributed by atoms with Crippen molar-refractivity contribution in [3.63, 3.8) is 0 Å². The van der Waals surface area contributed by atoms with Crippen LogP contribution in [0.15, 0.2) is 59.5 Å². The van der Waals surface area contributed by atoms with E-state index in [1.54, 1.807) is 11.0 Å². The molecule has 1 aromatic carbocycles. The number of aromatic amines is 1. The number of carbonyl (C=O) groups excluding carboxylic acids is 1. The summed E-state index contributed by atoms with van der Waals surface area (Å²) in [7, 11) is 0. The number of carbonyl (C=O) groups is 1. The zero-order valence-electron chi connectivity index (χ0n) is 13.5. The maximum absolute atomic E-state index is 12.6. The highest BCUT2D eigenvalue weighted by molar-refractivity contribution is 5.94. The molecular weight excluding hydrogens is 288 g/mol. The lowest BCUT2D eigenvalue weighted by molar-refractivity contribution is 0.0756. The van der Waals surface area contributed by atoms with Crippen molar-refractivity contribution in [2.45, 2.75) is 13.8 Å². The second-order valence-corrected chi connectivity index (χ2v) is 5.86. The SMILES string of the molecule is CC(C)CN(CC=Cc1ccccc1)C(=O)c1ccc(=O)[nH]c1. The van der Waals surface area contributed by atoms with E-state index in [0.717, 1.165) is 5.56 Å². The molecule has 0 saturated carbocycles. The molecule has 0 radical (unpaired) electrons. The molecule has 1 heterocycles. The van der Waals surface area contributed by atoms with E-state index in [4.69, 9.17) is 0 Å². The first-order valence-corrected chi connectivity index (χ1v) is 7.76. The first-order valence-electron chi connectivity index (χ1n) is 7.76. The van der Waals surface area contributed by atoms with E-state index in [2.05, 4.69) is 18.8 Å². The summed E-state index contributed by atoms with van der Waals surface area (Å²) in [5.41, 5.74) is 1.40. The van der Waals surface area contributed by atoms with Gasteiger partial charge in [0.15, 0.2) is 0 Å². The molecule has 0 fully saturated rings. The van der Waals surface area contributed by atoms with Crippen molar-refractivity contribution < 1.29 is 4.79 Å². The predicted octanol–water partition coefficient (Wildman–Crippen LogP) is 3.19. The second kappa shape index (κ2) is 8.13. The largest absolute Gasteiger partial charge is 0.335 e. The Hall–Kier alpha value is -2.62. The van der Waals surface area contributed by atoms with Crippen molar-refractivity contribution in [1.82, 2.24) is 9.88 Å². The molecule has 1 N–H and O–H groups in total. The molecule has 1 amide bonds. The van der Waals surface area contributed by atoms with Gasteiger partial charge in [-0.05, 0) is 17.5 Å². The first-order chi connectivity index (χ1) is 11.1. The molecule has 0 bridgehead atoms. The third kappa shape index (κ3) is 5.25. The average Bonchev–Trinajstić information content (AvgIpc) is 2.54. The Balaban J connectivity index is 2.10. The fraction of sp³-hybridized carbons (Fsp3) is 0.263. The molecule has 4 heteroatoms. The molecule has 2 aromatic rings. The summed E-state index contributed by atoms with van der Waals surface area (Å²) in [6.07, 6.45) is 5.47. The Labute approximate surface area is 136 Å². The lowest BCUT2D eigenvalue weighted by atomic mass is 10.1. The summed E-state index contributed by atoms with van der Waals surface area (Å²) in [5.74, 6) is 0.291. The molecule has 0 unspecified atom stereocenters. The van der Waals surface area contributed by atoms with E-state index in [1.807, 2.05) is 42.5 Å². The van der Waals surface area contributed by atoms with Gasteiger partial charge in [-0.2, -0.15) is 0 Å². The Kier molecular flexibility index (Phi) is 5.92. The van der Waals surface area contributed by atoms with Crippen LogP contribution in [0, 0.1) is 5.92 Å². The van der Waals surface area contributed by atoms with E-state index < -0.39 is 0 Å². The van der Waals surface area contributed by atoms with Crippen molar-refractivity contribution in [2.75, 3.05) is 13.1 Å². The lowest BCUT2D eigenvalue weighted by Crippen LogP contribution is -2.34. The van der Waals surface area contributed by atoms with Crippen LogP contribution in [0.3, 0.4) is 0 Å². The van der Waals surface area contributed by atoms with Gasteiger partial charge in [-0.1, -0.05) is 56.3 Å². The highest BCUT2D eigenvalue weighted by atomic mass is 16.2. The third-order valence-corrected chi connectivity index (χ3v) is 3.34. The zero-order chi connectivity index (χ0) is 16.7. The van der Waals surface area contributed by atoms with Crippen LogP contribution in [0.25, 0.3) is 6.08 Å². The van der Waals surface area contributed by atoms with Gasteiger partial charge in [0.05, 0.1) is 5.56 Å². The van der Waals surface area contributed by atoms with Crippen molar-refractivity contribution in [3.05, 3.63) is 76.2 Å². The number of benzene rings is 1. The minimum absolute atomic E-state index is 0.0762. The average molecular weight is 310 g/mol. The van der Waals surface area contributed by atoms with E-state index in [-0.39, 0.29) is 11.5 Å². The van der Waals surface area contributed by atoms with Crippen LogP contribution in [0.2, 0.25) is 0 Å². The van der Waals surface area contributed by atoms with Crippen molar-refractivity contribution in [1.29, 1.82) is 0 Å². The van der Waals surface area contributed by atoms with Crippen molar-refractivity contribution in [3.8, 4) is 0 Å². The Bertz CT molecular complexity index is 697. The smallest absolute Gasteiger partial charge is 0.255 e. The summed E-state index contributed by atoms with van der Waals surface area (Å²) in [6, 6.07) is 12.9. The van der Waals surface area contributed by atoms with Crippen LogP contribution >= 0.6 is 0 Å². The Morgan fingerprint density at radius 2 is 1.91 bits per heavy atom. The molecule has 0 atom stereocenters. The number of hydrogen-bond donors (Lipinski definition) is 1. The maximum atomic E-state index is 12.6. The van der Waals surface area contributed by atoms with Gasteiger partial charge in [-0.3, -0.25) is 9.59 Å². The number of pyridine rings is 1. The standard InChI is InChI=1S/C19H22N2O2/c1-15(2)14-21(12-6-9-16-7-4-3-5-8-16)19(23)17-10-11-18(22)20-13-17/h3-11,13,15H,12,14H2,1-2H3,(H,20,22). The molecule has 0 aliphatic carbocycles. The minimum atomic E-state index is -0.207. The number of aromatic nitrogens is 1. The topological polar surface area (TPSA) is 53.2 Å². The number of hydrogen-bond acceptors (Lipinski definition) is 2. The number of amides is 1. The summed E-state index contributed by atoms with van der Waals surface area (Å²) < 4.78 is 0. The van der Waals surface area contributed by atoms with Crippen LogP contribution in [0.1, 0.15) is 29.8 Å². The molecule has 4 nitrogen and oxygen atoms in total. The number of nitrogens with zero attached hydrogens (tertiary/aromatic N) is 1. The summed E-state index contributed by atoms with van der Waals surface area (Å²) >= 11 is 0. The molecule has 0 aliphatic rings. The fourth-order valence-electron chi connectivity index (χ4n) is 2.29. The van der Waals surface area contributed by atoms with E-state index >= 15 is 0 Å². The van der Waals surface area contributed by atoms with Gasteiger partial charge >= 0.3 is 0 Å². The normalized spacial score (nSPS) is 11.1. The summed E-state index contributed by atoms with van der Waals surface area (Å²) in [6.45, 7) is 5.35. The van der Waals surface area contributed by atoms with Gasteiger partial charge in [0.1, 0.15) is 0 Å². The van der Waals surface area contributed by atoms with E-state index in [0.29, 0.717) is 24.6 Å². The van der Waals surface area contributed by atoms with Gasteiger partial charge < -0.3 is 9.88 Å². The molecule has 23 heavy (non-hydrogen) atoms. The Morgan fingerprint density at radius 1 is 1.17 bits per heavy atom. The van der Waals surface area contributed by atoms with Gasteiger partial charge in [0.2, 0.25) is 5.56 Å². The molecular formula is C19H22N2O2.